The Morgan fingerprint density at radius 2 is 1.76 bits per heavy atom. The molecule has 0 unspecified atom stereocenters. The molecule has 3 aromatic heterocycles. The Morgan fingerprint density at radius 1 is 0.976 bits per heavy atom. The number of hydrogen-bond donors (Lipinski definition) is 0. The second-order valence-corrected chi connectivity index (χ2v) is 11.6. The third-order valence-corrected chi connectivity index (χ3v) is 8.21. The number of hydrogen-bond acceptors (Lipinski definition) is 7. The molecule has 6 aromatic rings. The van der Waals surface area contributed by atoms with Crippen LogP contribution in [0, 0.1) is 0 Å². The van der Waals surface area contributed by atoms with Gasteiger partial charge in [-0.25, -0.2) is 4.68 Å². The topological polar surface area (TPSA) is 74.3 Å². The first-order chi connectivity index (χ1) is 20.6. The minimum atomic E-state index is -0.209. The molecule has 0 saturated heterocycles. The third kappa shape index (κ3) is 5.97. The number of aromatic nitrogens is 5. The molecule has 3 aromatic carbocycles. The molecule has 0 radical (unpaired) electrons. The molecule has 6 rings (SSSR count). The van der Waals surface area contributed by atoms with Crippen LogP contribution in [0.25, 0.3) is 40.1 Å². The van der Waals surface area contributed by atoms with E-state index < -0.39 is 0 Å². The van der Waals surface area contributed by atoms with Gasteiger partial charge in [-0.1, -0.05) is 79.5 Å². The van der Waals surface area contributed by atoms with Crippen LogP contribution >= 0.6 is 23.1 Å². The first-order valence-corrected chi connectivity index (χ1v) is 15.2. The Hall–Kier alpha value is -4.73. The number of benzene rings is 3. The molecule has 0 N–H and O–H groups in total. The molecule has 7 nitrogen and oxygen atoms in total. The van der Waals surface area contributed by atoms with E-state index in [0.717, 1.165) is 39.6 Å². The molecule has 208 valence electrons. The average molecular weight is 590 g/mol. The van der Waals surface area contributed by atoms with Gasteiger partial charge in [-0.05, 0) is 59.9 Å². The Labute approximate surface area is 251 Å². The van der Waals surface area contributed by atoms with Gasteiger partial charge in [-0.3, -0.25) is 4.79 Å². The van der Waals surface area contributed by atoms with Crippen LogP contribution in [0.5, 0.6) is 5.75 Å². The van der Waals surface area contributed by atoms with Crippen molar-refractivity contribution in [2.24, 2.45) is 0 Å². The molecular weight excluding hydrogens is 563 g/mol. The van der Waals surface area contributed by atoms with Crippen LogP contribution in [-0.4, -0.2) is 36.7 Å². The first-order valence-electron chi connectivity index (χ1n) is 13.4. The predicted octanol–water partition coefficient (Wildman–Crippen LogP) is 6.40. The van der Waals surface area contributed by atoms with Crippen LogP contribution in [-0.2, 0) is 0 Å². The fourth-order valence-electron chi connectivity index (χ4n) is 4.37. The maximum Gasteiger partial charge on any atom is 0.291 e. The molecule has 0 spiro atoms. The van der Waals surface area contributed by atoms with E-state index in [1.54, 1.807) is 23.9 Å². The summed E-state index contributed by atoms with van der Waals surface area (Å²) in [7, 11) is 0. The molecule has 0 bridgehead atoms. The number of fused-ring (bicyclic) bond motifs is 1. The molecule has 0 saturated carbocycles. The summed E-state index contributed by atoms with van der Waals surface area (Å²) in [4.78, 5) is 19.7. The van der Waals surface area contributed by atoms with Crippen LogP contribution in [0.3, 0.4) is 0 Å². The van der Waals surface area contributed by atoms with Crippen LogP contribution in [0.1, 0.15) is 23.9 Å². The second-order valence-electron chi connectivity index (χ2n) is 9.25. The summed E-state index contributed by atoms with van der Waals surface area (Å²) < 4.78 is 9.28. The van der Waals surface area contributed by atoms with Crippen molar-refractivity contribution in [3.63, 3.8) is 0 Å². The van der Waals surface area contributed by atoms with Gasteiger partial charge in [0.25, 0.3) is 5.56 Å². The van der Waals surface area contributed by atoms with E-state index in [9.17, 15) is 4.79 Å². The maximum absolute atomic E-state index is 13.4. The lowest BCUT2D eigenvalue weighted by atomic mass is 10.1. The summed E-state index contributed by atoms with van der Waals surface area (Å²) in [6, 6.07) is 26.0. The minimum absolute atomic E-state index is 0.209. The van der Waals surface area contributed by atoms with Gasteiger partial charge < -0.3 is 4.74 Å². The van der Waals surface area contributed by atoms with Crippen molar-refractivity contribution in [2.45, 2.75) is 11.8 Å². The highest BCUT2D eigenvalue weighted by molar-refractivity contribution is 7.99. The summed E-state index contributed by atoms with van der Waals surface area (Å²) in [5.74, 6) is 2.26. The largest absolute Gasteiger partial charge is 0.490 e. The van der Waals surface area contributed by atoms with E-state index in [1.807, 2.05) is 77.6 Å². The van der Waals surface area contributed by atoms with Crippen molar-refractivity contribution in [3.8, 4) is 22.7 Å². The van der Waals surface area contributed by atoms with Gasteiger partial charge in [0, 0.05) is 22.2 Å². The summed E-state index contributed by atoms with van der Waals surface area (Å²) in [6.07, 6.45) is 9.24. The van der Waals surface area contributed by atoms with E-state index in [-0.39, 0.29) is 5.56 Å². The Morgan fingerprint density at radius 3 is 2.48 bits per heavy atom. The standard InChI is InChI=1S/C33H27N5O2S2/c1-3-20-40-27-15-10-23(11-16-27)12-19-30-34-33-38(35-30)32(39)29(42-33)21-25-22-37(26-8-6-5-7-9-26)36-31(25)24-13-17-28(18-14-24)41-4-2/h3,5-19,21-22H,1,4,20H2,2H3/b19-12+,29-21-. The Bertz CT molecular complexity index is 1970. The summed E-state index contributed by atoms with van der Waals surface area (Å²) >= 11 is 3.11. The number of para-hydroxylation sites is 1. The van der Waals surface area contributed by atoms with Gasteiger partial charge in [0.05, 0.1) is 15.9 Å². The number of thiazole rings is 1. The molecule has 42 heavy (non-hydrogen) atoms. The van der Waals surface area contributed by atoms with E-state index in [4.69, 9.17) is 9.84 Å². The lowest BCUT2D eigenvalue weighted by Crippen LogP contribution is -2.23. The Balaban J connectivity index is 1.32. The molecule has 0 aliphatic carbocycles. The van der Waals surface area contributed by atoms with Crippen LogP contribution in [0.15, 0.2) is 107 Å². The Kier molecular flexibility index (Phi) is 8.12. The summed E-state index contributed by atoms with van der Waals surface area (Å²) in [5.41, 5.74) is 4.33. The zero-order valence-electron chi connectivity index (χ0n) is 22.9. The fraction of sp³-hybridized carbons (Fsp3) is 0.0909. The highest BCUT2D eigenvalue weighted by Gasteiger charge is 2.14. The fourth-order valence-corrected chi connectivity index (χ4v) is 5.94. The molecule has 0 aliphatic rings. The molecule has 0 aliphatic heterocycles. The molecule has 3 heterocycles. The lowest BCUT2D eigenvalue weighted by Gasteiger charge is -2.02. The molecule has 9 heteroatoms. The van der Waals surface area contributed by atoms with E-state index in [0.29, 0.717) is 21.9 Å². The van der Waals surface area contributed by atoms with Crippen molar-refractivity contribution in [3.05, 3.63) is 130 Å². The van der Waals surface area contributed by atoms with E-state index >= 15 is 0 Å². The molecule has 0 atom stereocenters. The van der Waals surface area contributed by atoms with Crippen molar-refractivity contribution in [1.29, 1.82) is 0 Å². The van der Waals surface area contributed by atoms with Crippen LogP contribution in [0.2, 0.25) is 0 Å². The zero-order chi connectivity index (χ0) is 28.9. The molecule has 0 fully saturated rings. The zero-order valence-corrected chi connectivity index (χ0v) is 24.5. The smallest absolute Gasteiger partial charge is 0.291 e. The van der Waals surface area contributed by atoms with Gasteiger partial charge in [0.15, 0.2) is 5.82 Å². The lowest BCUT2D eigenvalue weighted by molar-refractivity contribution is 0.363. The molecular formula is C33H27N5O2S2. The van der Waals surface area contributed by atoms with Crippen molar-refractivity contribution in [1.82, 2.24) is 24.4 Å². The SMILES string of the molecule is C=CCOc1ccc(/C=C/c2nc3s/c(=C\c4cn(-c5ccccc5)nc4-c4ccc(SCC)cc4)c(=O)n3n2)cc1. The van der Waals surface area contributed by atoms with E-state index in [2.05, 4.69) is 47.9 Å². The molecule has 0 amide bonds. The first kappa shape index (κ1) is 27.4. The maximum atomic E-state index is 13.4. The monoisotopic (exact) mass is 589 g/mol. The van der Waals surface area contributed by atoms with Gasteiger partial charge in [0.1, 0.15) is 12.4 Å². The van der Waals surface area contributed by atoms with Gasteiger partial charge in [-0.15, -0.1) is 16.9 Å². The number of rotatable bonds is 10. The summed E-state index contributed by atoms with van der Waals surface area (Å²) in [6.45, 7) is 6.26. The highest BCUT2D eigenvalue weighted by Crippen LogP contribution is 2.27. The third-order valence-electron chi connectivity index (χ3n) is 6.36. The second kappa shape index (κ2) is 12.4. The van der Waals surface area contributed by atoms with Gasteiger partial charge in [-0.2, -0.15) is 14.6 Å². The predicted molar refractivity (Wildman–Crippen MR) is 172 cm³/mol. The van der Waals surface area contributed by atoms with Crippen LogP contribution < -0.4 is 14.8 Å². The normalized spacial score (nSPS) is 12.0. The number of ether oxygens (including phenoxy) is 1. The minimum Gasteiger partial charge on any atom is -0.490 e. The van der Waals surface area contributed by atoms with Crippen molar-refractivity contribution >= 4 is 46.3 Å². The van der Waals surface area contributed by atoms with Crippen molar-refractivity contribution in [2.75, 3.05) is 12.4 Å². The highest BCUT2D eigenvalue weighted by atomic mass is 32.2. The van der Waals surface area contributed by atoms with Crippen LogP contribution in [0.4, 0.5) is 0 Å². The number of thioether (sulfide) groups is 1. The quantitative estimate of drug-likeness (QED) is 0.136. The number of nitrogens with zero attached hydrogens (tertiary/aromatic N) is 5. The average Bonchev–Trinajstić information content (AvgIpc) is 3.71. The van der Waals surface area contributed by atoms with Crippen molar-refractivity contribution < 1.29 is 4.74 Å². The van der Waals surface area contributed by atoms with Gasteiger partial charge >= 0.3 is 0 Å². The van der Waals surface area contributed by atoms with Gasteiger partial charge in [0.2, 0.25) is 4.96 Å². The summed E-state index contributed by atoms with van der Waals surface area (Å²) in [5, 5.41) is 9.35. The van der Waals surface area contributed by atoms with E-state index in [1.165, 1.54) is 20.7 Å².